The minimum atomic E-state index is -3.66. The smallest absolute Gasteiger partial charge is 0.286 e. The molecule has 10 heteroatoms. The molecule has 0 unspecified atom stereocenters. The van der Waals surface area contributed by atoms with Crippen LogP contribution in [0, 0.1) is 5.82 Å². The summed E-state index contributed by atoms with van der Waals surface area (Å²) in [5, 5.41) is 11.2. The second-order valence-corrected chi connectivity index (χ2v) is 9.39. The quantitative estimate of drug-likeness (QED) is 0.667. The number of sulfonamides is 1. The van der Waals surface area contributed by atoms with E-state index < -0.39 is 27.8 Å². The van der Waals surface area contributed by atoms with Crippen LogP contribution in [0.25, 0.3) is 0 Å². The summed E-state index contributed by atoms with van der Waals surface area (Å²) in [6, 6.07) is 13.2. The monoisotopic (exact) mass is 432 g/mol. The highest BCUT2D eigenvalue weighted by Gasteiger charge is 2.38. The molecule has 2 aromatic carbocycles. The van der Waals surface area contributed by atoms with E-state index in [1.165, 1.54) is 28.6 Å². The summed E-state index contributed by atoms with van der Waals surface area (Å²) in [5.41, 5.74) is 0.433. The van der Waals surface area contributed by atoms with E-state index in [1.807, 2.05) is 0 Å². The van der Waals surface area contributed by atoms with Gasteiger partial charge < -0.3 is 5.32 Å². The van der Waals surface area contributed by atoms with Gasteiger partial charge in [0.25, 0.3) is 5.91 Å². The number of aromatic nitrogens is 2. The Labute approximate surface area is 171 Å². The maximum Gasteiger partial charge on any atom is 0.286 e. The van der Waals surface area contributed by atoms with Crippen LogP contribution in [0.4, 0.5) is 10.1 Å². The molecule has 0 radical (unpaired) electrons. The van der Waals surface area contributed by atoms with Gasteiger partial charge in [0.15, 0.2) is 0 Å². The molecule has 0 aliphatic carbocycles. The van der Waals surface area contributed by atoms with E-state index in [9.17, 15) is 17.6 Å². The Morgan fingerprint density at radius 2 is 1.83 bits per heavy atom. The zero-order valence-corrected chi connectivity index (χ0v) is 16.8. The van der Waals surface area contributed by atoms with Crippen molar-refractivity contribution in [3.8, 4) is 0 Å². The van der Waals surface area contributed by atoms with E-state index >= 15 is 0 Å². The van der Waals surface area contributed by atoms with Gasteiger partial charge in [-0.05, 0) is 49.2 Å². The van der Waals surface area contributed by atoms with Crippen molar-refractivity contribution in [1.29, 1.82) is 0 Å². The van der Waals surface area contributed by atoms with Gasteiger partial charge in [-0.3, -0.25) is 4.79 Å². The van der Waals surface area contributed by atoms with Crippen LogP contribution < -0.4 is 5.32 Å². The minimum Gasteiger partial charge on any atom is -0.320 e. The van der Waals surface area contributed by atoms with Crippen LogP contribution in [0.1, 0.15) is 33.7 Å². The Balaban J connectivity index is 1.54. The molecule has 1 aromatic heterocycles. The van der Waals surface area contributed by atoms with Crippen molar-refractivity contribution in [3.63, 3.8) is 0 Å². The van der Waals surface area contributed by atoms with Crippen LogP contribution in [0.15, 0.2) is 59.5 Å². The molecule has 0 saturated carbocycles. The second kappa shape index (κ2) is 7.97. The lowest BCUT2D eigenvalue weighted by Gasteiger charge is -2.22. The third-order valence-electron chi connectivity index (χ3n) is 4.58. The van der Waals surface area contributed by atoms with E-state index in [2.05, 4.69) is 15.5 Å². The number of anilines is 1. The van der Waals surface area contributed by atoms with Crippen LogP contribution in [0.2, 0.25) is 0 Å². The first-order chi connectivity index (χ1) is 13.9. The van der Waals surface area contributed by atoms with Gasteiger partial charge in [0.1, 0.15) is 10.8 Å². The predicted octanol–water partition coefficient (Wildman–Crippen LogP) is 3.46. The van der Waals surface area contributed by atoms with Crippen LogP contribution in [-0.2, 0) is 10.0 Å². The van der Waals surface area contributed by atoms with E-state index in [0.29, 0.717) is 30.1 Å². The van der Waals surface area contributed by atoms with Gasteiger partial charge in [-0.25, -0.2) is 12.8 Å². The number of nitrogens with one attached hydrogen (secondary N) is 1. The molecule has 0 bridgehead atoms. The Kier molecular flexibility index (Phi) is 5.39. The van der Waals surface area contributed by atoms with Gasteiger partial charge in [-0.15, -0.1) is 10.2 Å². The highest BCUT2D eigenvalue weighted by atomic mass is 32.2. The first-order valence-corrected chi connectivity index (χ1v) is 11.2. The topological polar surface area (TPSA) is 92.3 Å². The SMILES string of the molecule is O=C(Nc1ccc(F)cc1)c1nnc([C@@H]2CCCN2S(=O)(=O)c2ccccc2)s1. The highest BCUT2D eigenvalue weighted by Crippen LogP contribution is 2.37. The number of hydrogen-bond donors (Lipinski definition) is 1. The third-order valence-corrected chi connectivity index (χ3v) is 7.52. The fraction of sp³-hybridized carbons (Fsp3) is 0.211. The molecule has 0 spiro atoms. The van der Waals surface area contributed by atoms with Crippen LogP contribution in [0.3, 0.4) is 0 Å². The molecular weight excluding hydrogens is 415 g/mol. The molecule has 2 heterocycles. The summed E-state index contributed by atoms with van der Waals surface area (Å²) >= 11 is 1.06. The van der Waals surface area contributed by atoms with Gasteiger partial charge in [-0.1, -0.05) is 29.5 Å². The summed E-state index contributed by atoms with van der Waals surface area (Å²) in [6.07, 6.45) is 1.31. The van der Waals surface area contributed by atoms with Crippen LogP contribution >= 0.6 is 11.3 Å². The fourth-order valence-corrected chi connectivity index (χ4v) is 5.82. The Bertz CT molecular complexity index is 1120. The number of hydrogen-bond acceptors (Lipinski definition) is 6. The summed E-state index contributed by atoms with van der Waals surface area (Å²) in [5.74, 6) is -0.877. The molecule has 150 valence electrons. The molecular formula is C19H17FN4O3S2. The molecule has 3 aromatic rings. The number of benzene rings is 2. The normalized spacial score (nSPS) is 17.3. The maximum absolute atomic E-state index is 13.0. The summed E-state index contributed by atoms with van der Waals surface area (Å²) in [4.78, 5) is 12.6. The lowest BCUT2D eigenvalue weighted by molar-refractivity contribution is 0.102. The molecule has 1 aliphatic heterocycles. The first-order valence-electron chi connectivity index (χ1n) is 8.92. The summed E-state index contributed by atoms with van der Waals surface area (Å²) in [6.45, 7) is 0.387. The number of carbonyl (C=O) groups is 1. The lowest BCUT2D eigenvalue weighted by Crippen LogP contribution is -2.30. The number of carbonyl (C=O) groups excluding carboxylic acids is 1. The lowest BCUT2D eigenvalue weighted by atomic mass is 10.2. The van der Waals surface area contributed by atoms with Gasteiger partial charge in [0.2, 0.25) is 15.0 Å². The van der Waals surface area contributed by atoms with E-state index in [-0.39, 0.29) is 9.90 Å². The standard InChI is InChI=1S/C19H17FN4O3S2/c20-13-8-10-14(11-9-13)21-17(25)19-23-22-18(28-19)16-7-4-12-24(16)29(26,27)15-5-2-1-3-6-15/h1-3,5-6,8-11,16H,4,7,12H2,(H,21,25)/t16-/m0/s1. The highest BCUT2D eigenvalue weighted by molar-refractivity contribution is 7.89. The van der Waals surface area contributed by atoms with Crippen molar-refractivity contribution in [2.45, 2.75) is 23.8 Å². The summed E-state index contributed by atoms with van der Waals surface area (Å²) in [7, 11) is -3.66. The average molecular weight is 433 g/mol. The van der Waals surface area contributed by atoms with Gasteiger partial charge in [0, 0.05) is 12.2 Å². The van der Waals surface area contributed by atoms with Gasteiger partial charge in [-0.2, -0.15) is 4.31 Å². The number of amides is 1. The van der Waals surface area contributed by atoms with Crippen molar-refractivity contribution in [2.75, 3.05) is 11.9 Å². The van der Waals surface area contributed by atoms with Crippen molar-refractivity contribution < 1.29 is 17.6 Å². The molecule has 29 heavy (non-hydrogen) atoms. The van der Waals surface area contributed by atoms with Crippen molar-refractivity contribution >= 4 is 33.0 Å². The van der Waals surface area contributed by atoms with Crippen molar-refractivity contribution in [3.05, 3.63) is 70.4 Å². The maximum atomic E-state index is 13.0. The van der Waals surface area contributed by atoms with Crippen LogP contribution in [-0.4, -0.2) is 35.4 Å². The second-order valence-electron chi connectivity index (χ2n) is 6.49. The Hall–Kier alpha value is -2.69. The molecule has 1 atom stereocenters. The minimum absolute atomic E-state index is 0.119. The van der Waals surface area contributed by atoms with E-state index in [0.717, 1.165) is 11.3 Å². The first kappa shape index (κ1) is 19.6. The number of nitrogens with zero attached hydrogens (tertiary/aromatic N) is 3. The number of halogens is 1. The van der Waals surface area contributed by atoms with Gasteiger partial charge in [0.05, 0.1) is 10.9 Å². The largest absolute Gasteiger partial charge is 0.320 e. The zero-order chi connectivity index (χ0) is 20.4. The predicted molar refractivity (Wildman–Crippen MR) is 107 cm³/mol. The molecule has 1 saturated heterocycles. The van der Waals surface area contributed by atoms with Crippen LogP contribution in [0.5, 0.6) is 0 Å². The zero-order valence-electron chi connectivity index (χ0n) is 15.2. The molecule has 1 aliphatic rings. The fourth-order valence-electron chi connectivity index (χ4n) is 3.18. The molecule has 4 rings (SSSR count). The van der Waals surface area contributed by atoms with Crippen molar-refractivity contribution in [1.82, 2.24) is 14.5 Å². The number of rotatable bonds is 5. The molecule has 1 amide bonds. The molecule has 1 N–H and O–H groups in total. The Morgan fingerprint density at radius 3 is 2.55 bits per heavy atom. The molecule has 7 nitrogen and oxygen atoms in total. The molecule has 1 fully saturated rings. The average Bonchev–Trinajstić information content (AvgIpc) is 3.40. The van der Waals surface area contributed by atoms with E-state index in [1.54, 1.807) is 30.3 Å². The third kappa shape index (κ3) is 4.04. The Morgan fingerprint density at radius 1 is 1.10 bits per heavy atom. The summed E-state index contributed by atoms with van der Waals surface area (Å²) < 4.78 is 40.4. The van der Waals surface area contributed by atoms with Crippen molar-refractivity contribution in [2.24, 2.45) is 0 Å². The van der Waals surface area contributed by atoms with E-state index in [4.69, 9.17) is 0 Å². The van der Waals surface area contributed by atoms with Gasteiger partial charge >= 0.3 is 0 Å².